The van der Waals surface area contributed by atoms with Gasteiger partial charge in [0, 0.05) is 17.9 Å². The normalized spacial score (nSPS) is 12.2. The third-order valence-electron chi connectivity index (χ3n) is 3.13. The maximum absolute atomic E-state index is 5.88. The number of hydrogen-bond donors (Lipinski definition) is 1. The molecule has 0 aliphatic heterocycles. The van der Waals surface area contributed by atoms with Gasteiger partial charge in [-0.1, -0.05) is 49.2 Å². The fraction of sp³-hybridized carbons (Fsp3) is 0.312. The van der Waals surface area contributed by atoms with E-state index in [4.69, 9.17) is 11.6 Å². The molecule has 1 atom stereocenters. The van der Waals surface area contributed by atoms with Crippen molar-refractivity contribution in [1.29, 1.82) is 0 Å². The zero-order chi connectivity index (χ0) is 13.7. The van der Waals surface area contributed by atoms with Gasteiger partial charge in [0.1, 0.15) is 5.15 Å². The molecule has 1 aromatic heterocycles. The van der Waals surface area contributed by atoms with Crippen molar-refractivity contribution in [2.45, 2.75) is 32.7 Å². The first kappa shape index (κ1) is 13.9. The largest absolute Gasteiger partial charge is 0.378 e. The lowest BCUT2D eigenvalue weighted by Crippen LogP contribution is -2.06. The highest BCUT2D eigenvalue weighted by atomic mass is 35.5. The average Bonchev–Trinajstić information content (AvgIpc) is 2.40. The molecule has 1 unspecified atom stereocenters. The van der Waals surface area contributed by atoms with Crippen LogP contribution in [-0.4, -0.2) is 4.98 Å². The number of halogens is 1. The Morgan fingerprint density at radius 3 is 2.58 bits per heavy atom. The van der Waals surface area contributed by atoms with Crippen molar-refractivity contribution in [2.75, 3.05) is 5.32 Å². The molecule has 0 saturated carbocycles. The van der Waals surface area contributed by atoms with Gasteiger partial charge in [-0.3, -0.25) is 0 Å². The number of nitrogens with zero attached hydrogens (tertiary/aromatic N) is 1. The minimum atomic E-state index is 0.245. The lowest BCUT2D eigenvalue weighted by molar-refractivity contribution is 0.876. The molecule has 1 N–H and O–H groups in total. The molecule has 19 heavy (non-hydrogen) atoms. The number of nitrogens with one attached hydrogen (secondary N) is 1. The molecule has 0 aliphatic rings. The molecule has 2 nitrogen and oxygen atoms in total. The van der Waals surface area contributed by atoms with Gasteiger partial charge in [0.15, 0.2) is 0 Å². The molecule has 100 valence electrons. The second-order valence-corrected chi connectivity index (χ2v) is 5.11. The van der Waals surface area contributed by atoms with Crippen LogP contribution in [0.15, 0.2) is 42.6 Å². The predicted molar refractivity (Wildman–Crippen MR) is 81.7 cm³/mol. The van der Waals surface area contributed by atoms with E-state index in [0.717, 1.165) is 12.1 Å². The minimum Gasteiger partial charge on any atom is -0.378 e. The third-order valence-corrected chi connectivity index (χ3v) is 3.33. The Labute approximate surface area is 119 Å². The molecule has 2 rings (SSSR count). The van der Waals surface area contributed by atoms with Crippen LogP contribution in [0, 0.1) is 0 Å². The monoisotopic (exact) mass is 274 g/mol. The van der Waals surface area contributed by atoms with Gasteiger partial charge in [-0.15, -0.1) is 0 Å². The number of rotatable bonds is 5. The van der Waals surface area contributed by atoms with Crippen LogP contribution in [0.3, 0.4) is 0 Å². The van der Waals surface area contributed by atoms with Crippen molar-refractivity contribution in [3.8, 4) is 0 Å². The number of pyridine rings is 1. The van der Waals surface area contributed by atoms with Crippen LogP contribution >= 0.6 is 11.6 Å². The summed E-state index contributed by atoms with van der Waals surface area (Å²) in [7, 11) is 0. The minimum absolute atomic E-state index is 0.245. The van der Waals surface area contributed by atoms with Gasteiger partial charge in [0.25, 0.3) is 0 Å². The predicted octanol–water partition coefficient (Wildman–Crippen LogP) is 4.86. The topological polar surface area (TPSA) is 24.9 Å². The van der Waals surface area contributed by atoms with Crippen molar-refractivity contribution in [3.63, 3.8) is 0 Å². The van der Waals surface area contributed by atoms with Crippen LogP contribution in [0.25, 0.3) is 0 Å². The Morgan fingerprint density at radius 2 is 1.95 bits per heavy atom. The zero-order valence-electron chi connectivity index (χ0n) is 11.4. The first-order chi connectivity index (χ1) is 9.19. The molecule has 3 heteroatoms. The molecule has 0 amide bonds. The number of aromatic nitrogens is 1. The standard InChI is InChI=1S/C16H19ClN2/c1-3-4-13-5-7-14(8-6-13)12(2)19-15-9-10-18-16(17)11-15/h5-12H,3-4H2,1-2H3,(H,18,19). The molecular weight excluding hydrogens is 256 g/mol. The Hall–Kier alpha value is -1.54. The molecule has 2 aromatic rings. The van der Waals surface area contributed by atoms with Crippen molar-refractivity contribution >= 4 is 17.3 Å². The van der Waals surface area contributed by atoms with Gasteiger partial charge < -0.3 is 5.32 Å². The summed E-state index contributed by atoms with van der Waals surface area (Å²) in [6.07, 6.45) is 4.03. The lowest BCUT2D eigenvalue weighted by atomic mass is 10.0. The van der Waals surface area contributed by atoms with Gasteiger partial charge in [0.2, 0.25) is 0 Å². The smallest absolute Gasteiger partial charge is 0.131 e. The molecule has 0 fully saturated rings. The van der Waals surface area contributed by atoms with Gasteiger partial charge in [-0.2, -0.15) is 0 Å². The highest BCUT2D eigenvalue weighted by Gasteiger charge is 2.05. The van der Waals surface area contributed by atoms with Crippen LogP contribution in [0.2, 0.25) is 5.15 Å². The van der Waals surface area contributed by atoms with E-state index in [9.17, 15) is 0 Å². The third kappa shape index (κ3) is 3.97. The highest BCUT2D eigenvalue weighted by Crippen LogP contribution is 2.21. The molecular formula is C16H19ClN2. The fourth-order valence-electron chi connectivity index (χ4n) is 2.09. The number of hydrogen-bond acceptors (Lipinski definition) is 2. The van der Waals surface area contributed by atoms with Gasteiger partial charge in [-0.05, 0) is 36.6 Å². The molecule has 1 heterocycles. The summed E-state index contributed by atoms with van der Waals surface area (Å²) >= 11 is 5.88. The second kappa shape index (κ2) is 6.58. The molecule has 0 aliphatic carbocycles. The Bertz CT molecular complexity index is 523. The Balaban J connectivity index is 2.05. The molecule has 0 radical (unpaired) electrons. The Morgan fingerprint density at radius 1 is 1.21 bits per heavy atom. The highest BCUT2D eigenvalue weighted by molar-refractivity contribution is 6.29. The molecule has 0 bridgehead atoms. The number of anilines is 1. The van der Waals surface area contributed by atoms with Crippen LogP contribution in [0.5, 0.6) is 0 Å². The summed E-state index contributed by atoms with van der Waals surface area (Å²) in [5.74, 6) is 0. The number of benzene rings is 1. The maximum atomic E-state index is 5.88. The summed E-state index contributed by atoms with van der Waals surface area (Å²) < 4.78 is 0. The maximum Gasteiger partial charge on any atom is 0.131 e. The van der Waals surface area contributed by atoms with Crippen LogP contribution in [-0.2, 0) is 6.42 Å². The van der Waals surface area contributed by atoms with Crippen molar-refractivity contribution in [3.05, 3.63) is 58.9 Å². The van der Waals surface area contributed by atoms with E-state index in [2.05, 4.69) is 48.4 Å². The van der Waals surface area contributed by atoms with E-state index < -0.39 is 0 Å². The Kier molecular flexibility index (Phi) is 4.80. The van der Waals surface area contributed by atoms with E-state index in [1.807, 2.05) is 12.1 Å². The molecule has 0 saturated heterocycles. The van der Waals surface area contributed by atoms with E-state index in [-0.39, 0.29) is 6.04 Å². The number of aryl methyl sites for hydroxylation is 1. The summed E-state index contributed by atoms with van der Waals surface area (Å²) in [5.41, 5.74) is 3.66. The summed E-state index contributed by atoms with van der Waals surface area (Å²) in [6, 6.07) is 12.8. The quantitative estimate of drug-likeness (QED) is 0.788. The van der Waals surface area contributed by atoms with Gasteiger partial charge in [-0.25, -0.2) is 4.98 Å². The van der Waals surface area contributed by atoms with Crippen LogP contribution in [0.1, 0.15) is 37.4 Å². The van der Waals surface area contributed by atoms with Gasteiger partial charge >= 0.3 is 0 Å². The van der Waals surface area contributed by atoms with E-state index >= 15 is 0 Å². The molecule has 1 aromatic carbocycles. The lowest BCUT2D eigenvalue weighted by Gasteiger charge is -2.16. The van der Waals surface area contributed by atoms with E-state index in [0.29, 0.717) is 5.15 Å². The molecule has 0 spiro atoms. The first-order valence-corrected chi connectivity index (χ1v) is 7.03. The van der Waals surface area contributed by atoms with Crippen LogP contribution in [0.4, 0.5) is 5.69 Å². The summed E-state index contributed by atoms with van der Waals surface area (Å²) in [6.45, 7) is 4.34. The fourth-order valence-corrected chi connectivity index (χ4v) is 2.26. The summed E-state index contributed by atoms with van der Waals surface area (Å²) in [5, 5.41) is 3.94. The van der Waals surface area contributed by atoms with E-state index in [1.54, 1.807) is 6.20 Å². The van der Waals surface area contributed by atoms with E-state index in [1.165, 1.54) is 17.5 Å². The van der Waals surface area contributed by atoms with Crippen LogP contribution < -0.4 is 5.32 Å². The summed E-state index contributed by atoms with van der Waals surface area (Å²) in [4.78, 5) is 3.98. The van der Waals surface area contributed by atoms with Crippen molar-refractivity contribution in [2.24, 2.45) is 0 Å². The van der Waals surface area contributed by atoms with Crippen molar-refractivity contribution in [1.82, 2.24) is 4.98 Å². The zero-order valence-corrected chi connectivity index (χ0v) is 12.1. The average molecular weight is 275 g/mol. The second-order valence-electron chi connectivity index (χ2n) is 4.72. The van der Waals surface area contributed by atoms with Crippen molar-refractivity contribution < 1.29 is 0 Å². The SMILES string of the molecule is CCCc1ccc(C(C)Nc2ccnc(Cl)c2)cc1. The first-order valence-electron chi connectivity index (χ1n) is 6.66. The van der Waals surface area contributed by atoms with Gasteiger partial charge in [0.05, 0.1) is 0 Å².